The molecule has 1 amide bonds. The van der Waals surface area contributed by atoms with Crippen LogP contribution >= 0.6 is 11.8 Å². The highest BCUT2D eigenvalue weighted by Crippen LogP contribution is 2.40. The third kappa shape index (κ3) is 1.72. The summed E-state index contributed by atoms with van der Waals surface area (Å²) in [5.41, 5.74) is 0. The maximum Gasteiger partial charge on any atom is 0.327 e. The van der Waals surface area contributed by atoms with E-state index in [4.69, 9.17) is 10.2 Å². The molecule has 0 spiro atoms. The lowest BCUT2D eigenvalue weighted by Gasteiger charge is -2.37. The van der Waals surface area contributed by atoms with E-state index in [0.29, 0.717) is 12.2 Å². The normalized spacial score (nSPS) is 33.8. The number of hydrogen-bond donors (Lipinski definition) is 2. The Morgan fingerprint density at radius 2 is 2.33 bits per heavy atom. The number of nitrogens with zero attached hydrogens (tertiary/aromatic N) is 1. The average Bonchev–Trinajstić information content (AvgIpc) is 2.47. The van der Waals surface area contributed by atoms with Gasteiger partial charge in [-0.2, -0.15) is 11.8 Å². The van der Waals surface area contributed by atoms with Crippen molar-refractivity contribution in [2.45, 2.75) is 30.2 Å². The van der Waals surface area contributed by atoms with Crippen LogP contribution in [0.3, 0.4) is 0 Å². The molecule has 0 bridgehead atoms. The van der Waals surface area contributed by atoms with Gasteiger partial charge in [0, 0.05) is 23.5 Å². The van der Waals surface area contributed by atoms with Gasteiger partial charge in [0.2, 0.25) is 5.91 Å². The summed E-state index contributed by atoms with van der Waals surface area (Å²) in [5.74, 6) is -0.455. The van der Waals surface area contributed by atoms with E-state index in [9.17, 15) is 9.59 Å². The van der Waals surface area contributed by atoms with E-state index in [1.54, 1.807) is 0 Å². The largest absolute Gasteiger partial charge is 0.480 e. The van der Waals surface area contributed by atoms with Gasteiger partial charge in [-0.3, -0.25) is 4.79 Å². The molecule has 2 fully saturated rings. The number of amides is 1. The molecule has 2 heterocycles. The summed E-state index contributed by atoms with van der Waals surface area (Å²) in [7, 11) is 0. The predicted molar refractivity (Wildman–Crippen MR) is 54.6 cm³/mol. The Morgan fingerprint density at radius 1 is 1.60 bits per heavy atom. The molecule has 2 saturated heterocycles. The smallest absolute Gasteiger partial charge is 0.327 e. The van der Waals surface area contributed by atoms with Crippen molar-refractivity contribution in [3.8, 4) is 0 Å². The number of rotatable bonds is 4. The molecule has 84 valence electrons. The monoisotopic (exact) mass is 231 g/mol. The highest BCUT2D eigenvalue weighted by molar-refractivity contribution is 8.00. The molecule has 5 nitrogen and oxygen atoms in total. The van der Waals surface area contributed by atoms with Crippen molar-refractivity contribution in [2.24, 2.45) is 0 Å². The Bertz CT molecular complexity index is 296. The standard InChI is InChI=1S/C9H13NO4S/c11-1-2-15-6-3-5-4-7(12)10(5)8(6)9(13)14/h5-6,8,11H,1-4H2,(H,13,14). The van der Waals surface area contributed by atoms with Crippen molar-refractivity contribution < 1.29 is 19.8 Å². The van der Waals surface area contributed by atoms with Crippen molar-refractivity contribution in [1.29, 1.82) is 0 Å². The lowest BCUT2D eigenvalue weighted by molar-refractivity contribution is -0.156. The lowest BCUT2D eigenvalue weighted by Crippen LogP contribution is -2.55. The second kappa shape index (κ2) is 4.02. The molecular formula is C9H13NO4S. The van der Waals surface area contributed by atoms with E-state index < -0.39 is 12.0 Å². The minimum Gasteiger partial charge on any atom is -0.480 e. The zero-order chi connectivity index (χ0) is 11.0. The first-order valence-corrected chi connectivity index (χ1v) is 5.96. The van der Waals surface area contributed by atoms with Gasteiger partial charge in [0.05, 0.1) is 6.61 Å². The van der Waals surface area contributed by atoms with Crippen LogP contribution in [0.1, 0.15) is 12.8 Å². The number of aliphatic carboxylic acids is 1. The second-order valence-corrected chi connectivity index (χ2v) is 5.16. The predicted octanol–water partition coefficient (Wildman–Crippen LogP) is -0.462. The zero-order valence-electron chi connectivity index (χ0n) is 8.13. The van der Waals surface area contributed by atoms with E-state index in [1.807, 2.05) is 0 Å². The topological polar surface area (TPSA) is 77.8 Å². The maximum atomic E-state index is 11.3. The fraction of sp³-hybridized carbons (Fsp3) is 0.778. The Kier molecular flexibility index (Phi) is 2.88. The summed E-state index contributed by atoms with van der Waals surface area (Å²) in [6.45, 7) is 0.0477. The Morgan fingerprint density at radius 3 is 2.87 bits per heavy atom. The van der Waals surface area contributed by atoms with Crippen molar-refractivity contribution in [2.75, 3.05) is 12.4 Å². The van der Waals surface area contributed by atoms with E-state index in [1.165, 1.54) is 16.7 Å². The molecule has 2 N–H and O–H groups in total. The number of β-lactam (4-membered cyclic amide) rings is 1. The number of thioether (sulfide) groups is 1. The molecule has 2 aliphatic heterocycles. The van der Waals surface area contributed by atoms with Gasteiger partial charge in [0.25, 0.3) is 0 Å². The molecule has 3 unspecified atom stereocenters. The van der Waals surface area contributed by atoms with Crippen LogP contribution in [0.4, 0.5) is 0 Å². The third-order valence-corrected chi connectivity index (χ3v) is 4.22. The number of carbonyl (C=O) groups excluding carboxylic acids is 1. The van der Waals surface area contributed by atoms with Crippen LogP contribution < -0.4 is 0 Å². The molecule has 3 atom stereocenters. The van der Waals surface area contributed by atoms with Crippen LogP contribution in [0.5, 0.6) is 0 Å². The van der Waals surface area contributed by atoms with Crippen LogP contribution in [-0.2, 0) is 9.59 Å². The molecular weight excluding hydrogens is 218 g/mol. The first kappa shape index (κ1) is 10.8. The first-order valence-electron chi connectivity index (χ1n) is 4.91. The summed E-state index contributed by atoms with van der Waals surface area (Å²) in [6.07, 6.45) is 1.23. The summed E-state index contributed by atoms with van der Waals surface area (Å²) < 4.78 is 0. The molecule has 6 heteroatoms. The molecule has 2 aliphatic rings. The number of carbonyl (C=O) groups is 2. The number of carboxylic acid groups (broad SMARTS) is 1. The van der Waals surface area contributed by atoms with E-state index in [-0.39, 0.29) is 23.8 Å². The Labute approximate surface area is 91.4 Å². The fourth-order valence-corrected chi connectivity index (χ4v) is 3.49. The van der Waals surface area contributed by atoms with Crippen LogP contribution in [-0.4, -0.2) is 56.7 Å². The van der Waals surface area contributed by atoms with Gasteiger partial charge in [-0.25, -0.2) is 4.79 Å². The van der Waals surface area contributed by atoms with Crippen LogP contribution in [0.25, 0.3) is 0 Å². The van der Waals surface area contributed by atoms with E-state index in [0.717, 1.165) is 6.42 Å². The van der Waals surface area contributed by atoms with Crippen LogP contribution in [0.15, 0.2) is 0 Å². The summed E-state index contributed by atoms with van der Waals surface area (Å²) in [5, 5.41) is 17.7. The van der Waals surface area contributed by atoms with Crippen LogP contribution in [0.2, 0.25) is 0 Å². The quantitative estimate of drug-likeness (QED) is 0.640. The number of aliphatic hydroxyl groups is 1. The third-order valence-electron chi connectivity index (χ3n) is 2.92. The van der Waals surface area contributed by atoms with Gasteiger partial charge in [-0.15, -0.1) is 0 Å². The molecule has 15 heavy (non-hydrogen) atoms. The number of carboxylic acids is 1. The minimum absolute atomic E-state index is 0.0477. The van der Waals surface area contributed by atoms with Gasteiger partial charge in [-0.05, 0) is 6.42 Å². The van der Waals surface area contributed by atoms with Crippen molar-refractivity contribution in [3.63, 3.8) is 0 Å². The van der Waals surface area contributed by atoms with Crippen LogP contribution in [0, 0.1) is 0 Å². The number of aliphatic hydroxyl groups excluding tert-OH is 1. The zero-order valence-corrected chi connectivity index (χ0v) is 8.94. The van der Waals surface area contributed by atoms with Gasteiger partial charge < -0.3 is 15.1 Å². The molecule has 0 aromatic carbocycles. The van der Waals surface area contributed by atoms with Crippen molar-refractivity contribution >= 4 is 23.6 Å². The van der Waals surface area contributed by atoms with E-state index in [2.05, 4.69) is 0 Å². The van der Waals surface area contributed by atoms with Crippen molar-refractivity contribution in [1.82, 2.24) is 4.90 Å². The second-order valence-electron chi connectivity index (χ2n) is 3.81. The molecule has 2 rings (SSSR count). The average molecular weight is 231 g/mol. The highest BCUT2D eigenvalue weighted by atomic mass is 32.2. The van der Waals surface area contributed by atoms with Gasteiger partial charge in [0.15, 0.2) is 0 Å². The molecule has 0 saturated carbocycles. The summed E-state index contributed by atoms with van der Waals surface area (Å²) >= 11 is 1.45. The summed E-state index contributed by atoms with van der Waals surface area (Å²) in [6, 6.07) is -0.567. The lowest BCUT2D eigenvalue weighted by atomic mass is 10.0. The highest BCUT2D eigenvalue weighted by Gasteiger charge is 2.53. The first-order chi connectivity index (χ1) is 7.15. The van der Waals surface area contributed by atoms with E-state index >= 15 is 0 Å². The van der Waals surface area contributed by atoms with Gasteiger partial charge >= 0.3 is 5.97 Å². The summed E-state index contributed by atoms with van der Waals surface area (Å²) in [4.78, 5) is 23.8. The number of hydrogen-bond acceptors (Lipinski definition) is 4. The molecule has 0 aromatic heterocycles. The van der Waals surface area contributed by atoms with Crippen molar-refractivity contribution in [3.05, 3.63) is 0 Å². The SMILES string of the molecule is O=C(O)C1C(SCCO)CC2CC(=O)N21. The maximum absolute atomic E-state index is 11.3. The number of fused-ring (bicyclic) bond motifs is 1. The fourth-order valence-electron chi connectivity index (χ4n) is 2.29. The minimum atomic E-state index is -0.930. The Balaban J connectivity index is 2.05. The van der Waals surface area contributed by atoms with Gasteiger partial charge in [-0.1, -0.05) is 0 Å². The molecule has 0 aromatic rings. The van der Waals surface area contributed by atoms with Gasteiger partial charge in [0.1, 0.15) is 6.04 Å². The molecule has 0 radical (unpaired) electrons. The molecule has 0 aliphatic carbocycles. The Hall–Kier alpha value is -0.750.